The monoisotopic (exact) mass is 497 g/mol. The first kappa shape index (κ1) is 23.9. The Labute approximate surface area is 205 Å². The summed E-state index contributed by atoms with van der Waals surface area (Å²) in [6, 6.07) is 14.0. The number of carbonyl (C=O) groups excluding carboxylic acids is 1. The zero-order valence-corrected chi connectivity index (χ0v) is 20.5. The van der Waals surface area contributed by atoms with Crippen molar-refractivity contribution >= 4 is 39.2 Å². The molecule has 10 heteroatoms. The van der Waals surface area contributed by atoms with Crippen LogP contribution in [0.4, 0.5) is 4.39 Å². The van der Waals surface area contributed by atoms with Crippen molar-refractivity contribution in [1.82, 2.24) is 24.6 Å². The van der Waals surface area contributed by atoms with E-state index in [4.69, 9.17) is 4.74 Å². The second kappa shape index (κ2) is 10.8. The molecule has 0 bridgehead atoms. The van der Waals surface area contributed by atoms with E-state index < -0.39 is 5.82 Å². The van der Waals surface area contributed by atoms with E-state index in [-0.39, 0.29) is 30.1 Å². The van der Waals surface area contributed by atoms with Gasteiger partial charge in [-0.25, -0.2) is 9.37 Å². The molecule has 0 N–H and O–H groups in total. The van der Waals surface area contributed by atoms with Crippen molar-refractivity contribution in [2.24, 2.45) is 0 Å². The number of thioether (sulfide) groups is 1. The number of halogens is 1. The highest BCUT2D eigenvalue weighted by molar-refractivity contribution is 7.99. The molecule has 0 spiro atoms. The molecule has 0 saturated heterocycles. The third-order valence-electron chi connectivity index (χ3n) is 5.27. The fraction of sp³-hybridized carbons (Fsp3) is 0.250. The molecule has 2 heterocycles. The Balaban J connectivity index is 1.40. The minimum Gasteiger partial charge on any atom is -0.483 e. The maximum absolute atomic E-state index is 13.8. The summed E-state index contributed by atoms with van der Waals surface area (Å²) < 4.78 is 22.3. The van der Waals surface area contributed by atoms with Gasteiger partial charge < -0.3 is 9.64 Å². The Morgan fingerprint density at radius 2 is 2.03 bits per heavy atom. The van der Waals surface area contributed by atoms with Gasteiger partial charge in [-0.05, 0) is 31.2 Å². The number of fused-ring (bicyclic) bond motifs is 1. The molecule has 0 saturated carbocycles. The van der Waals surface area contributed by atoms with Gasteiger partial charge in [-0.3, -0.25) is 9.36 Å². The first-order valence-electron chi connectivity index (χ1n) is 10.6. The van der Waals surface area contributed by atoms with Gasteiger partial charge in [0.05, 0.1) is 22.0 Å². The van der Waals surface area contributed by atoms with Crippen LogP contribution in [0.5, 0.6) is 5.75 Å². The minimum atomic E-state index is -0.442. The number of allylic oxidation sites excluding steroid dienone is 1. The van der Waals surface area contributed by atoms with Crippen LogP contribution in [0.25, 0.3) is 10.2 Å². The molecule has 4 aromatic rings. The lowest BCUT2D eigenvalue weighted by Gasteiger charge is -2.23. The van der Waals surface area contributed by atoms with Crippen LogP contribution in [-0.4, -0.2) is 43.4 Å². The average molecular weight is 498 g/mol. The van der Waals surface area contributed by atoms with Gasteiger partial charge in [0.25, 0.3) is 0 Å². The predicted molar refractivity (Wildman–Crippen MR) is 132 cm³/mol. The number of ether oxygens (including phenoxy) is 1. The van der Waals surface area contributed by atoms with E-state index in [9.17, 15) is 9.18 Å². The summed E-state index contributed by atoms with van der Waals surface area (Å²) >= 11 is 2.88. The van der Waals surface area contributed by atoms with E-state index in [2.05, 4.69) is 21.8 Å². The first-order chi connectivity index (χ1) is 16.5. The molecule has 1 amide bonds. The molecule has 0 aliphatic heterocycles. The number of nitrogens with zero attached hydrogens (tertiary/aromatic N) is 5. The molecule has 0 unspecified atom stereocenters. The molecule has 0 fully saturated rings. The minimum absolute atomic E-state index is 0.0465. The van der Waals surface area contributed by atoms with E-state index in [0.29, 0.717) is 17.5 Å². The number of amides is 1. The van der Waals surface area contributed by atoms with Crippen molar-refractivity contribution < 1.29 is 13.9 Å². The second-order valence-electron chi connectivity index (χ2n) is 7.51. The van der Waals surface area contributed by atoms with Gasteiger partial charge in [-0.15, -0.1) is 28.1 Å². The zero-order chi connectivity index (χ0) is 24.1. The van der Waals surface area contributed by atoms with E-state index in [0.717, 1.165) is 15.2 Å². The fourth-order valence-corrected chi connectivity index (χ4v) is 5.18. The topological polar surface area (TPSA) is 73.1 Å². The van der Waals surface area contributed by atoms with Crippen LogP contribution < -0.4 is 4.74 Å². The van der Waals surface area contributed by atoms with Gasteiger partial charge in [0.2, 0.25) is 5.91 Å². The molecule has 4 rings (SSSR count). The van der Waals surface area contributed by atoms with Crippen molar-refractivity contribution in [2.75, 3.05) is 12.8 Å². The van der Waals surface area contributed by atoms with Crippen molar-refractivity contribution in [3.8, 4) is 5.75 Å². The lowest BCUT2D eigenvalue weighted by Crippen LogP contribution is -2.31. The quantitative estimate of drug-likeness (QED) is 0.224. The molecular weight excluding hydrogens is 473 g/mol. The van der Waals surface area contributed by atoms with Crippen molar-refractivity contribution in [1.29, 1.82) is 0 Å². The van der Waals surface area contributed by atoms with Crippen molar-refractivity contribution in [3.63, 3.8) is 0 Å². The smallest absolute Gasteiger partial charge is 0.233 e. The van der Waals surface area contributed by atoms with Gasteiger partial charge in [-0.2, -0.15) is 0 Å². The van der Waals surface area contributed by atoms with Crippen LogP contribution in [0.3, 0.4) is 0 Å². The van der Waals surface area contributed by atoms with Gasteiger partial charge in [0, 0.05) is 13.6 Å². The Morgan fingerprint density at radius 3 is 2.79 bits per heavy atom. The molecule has 34 heavy (non-hydrogen) atoms. The Kier molecular flexibility index (Phi) is 7.59. The molecule has 2 aromatic carbocycles. The number of aromatic nitrogens is 4. The molecule has 0 aliphatic rings. The van der Waals surface area contributed by atoms with Crippen molar-refractivity contribution in [2.45, 2.75) is 31.3 Å². The highest BCUT2D eigenvalue weighted by atomic mass is 32.2. The molecule has 2 aromatic heterocycles. The van der Waals surface area contributed by atoms with Crippen LogP contribution in [0, 0.1) is 5.82 Å². The lowest BCUT2D eigenvalue weighted by molar-refractivity contribution is -0.128. The van der Waals surface area contributed by atoms with Crippen LogP contribution in [0.15, 0.2) is 66.3 Å². The van der Waals surface area contributed by atoms with Gasteiger partial charge >= 0.3 is 0 Å². The summed E-state index contributed by atoms with van der Waals surface area (Å²) in [5.41, 5.74) is 0.937. The third kappa shape index (κ3) is 5.28. The summed E-state index contributed by atoms with van der Waals surface area (Å²) in [5, 5.41) is 9.84. The SMILES string of the molecule is C=CCn1c(COc2ccccc2F)nnc1SCC(=O)N(C)[C@H](C)c1nc2ccccc2s1. The maximum atomic E-state index is 13.8. The predicted octanol–water partition coefficient (Wildman–Crippen LogP) is 5.10. The number of benzene rings is 2. The molecule has 1 atom stereocenters. The largest absolute Gasteiger partial charge is 0.483 e. The Hall–Kier alpha value is -3.24. The number of thiazole rings is 1. The number of hydrogen-bond donors (Lipinski definition) is 0. The third-order valence-corrected chi connectivity index (χ3v) is 7.42. The standard InChI is InChI=1S/C24H24FN5O2S2/c1-4-13-30-21(14-32-19-11-7-5-9-17(19)25)27-28-24(30)33-15-22(31)29(3)16(2)23-26-18-10-6-8-12-20(18)34-23/h4-12,16H,1,13-15H2,2-3H3/t16-/m1/s1. The van der Waals surface area contributed by atoms with Crippen molar-refractivity contribution in [3.05, 3.63) is 77.8 Å². The number of para-hydroxylation sites is 2. The Morgan fingerprint density at radius 1 is 1.26 bits per heavy atom. The molecule has 176 valence electrons. The number of carbonyl (C=O) groups is 1. The van der Waals surface area contributed by atoms with E-state index >= 15 is 0 Å². The van der Waals surface area contributed by atoms with Crippen LogP contribution in [-0.2, 0) is 17.9 Å². The van der Waals surface area contributed by atoms with E-state index in [1.54, 1.807) is 47.6 Å². The number of hydrogen-bond acceptors (Lipinski definition) is 7. The normalized spacial score (nSPS) is 12.0. The van der Waals surface area contributed by atoms with E-state index in [1.807, 2.05) is 35.8 Å². The summed E-state index contributed by atoms with van der Waals surface area (Å²) in [6.07, 6.45) is 1.71. The summed E-state index contributed by atoms with van der Waals surface area (Å²) in [4.78, 5) is 19.3. The maximum Gasteiger partial charge on any atom is 0.233 e. The van der Waals surface area contributed by atoms with Crippen LogP contribution in [0.2, 0.25) is 0 Å². The van der Waals surface area contributed by atoms with Crippen LogP contribution in [0.1, 0.15) is 23.8 Å². The average Bonchev–Trinajstić information content (AvgIpc) is 3.45. The fourth-order valence-electron chi connectivity index (χ4n) is 3.23. The molecule has 0 radical (unpaired) electrons. The van der Waals surface area contributed by atoms with Gasteiger partial charge in [0.15, 0.2) is 22.5 Å². The Bertz CT molecular complexity index is 1270. The molecule has 0 aliphatic carbocycles. The summed E-state index contributed by atoms with van der Waals surface area (Å²) in [6.45, 7) is 6.24. The first-order valence-corrected chi connectivity index (χ1v) is 12.4. The molecule has 7 nitrogen and oxygen atoms in total. The molecular formula is C24H24FN5O2S2. The summed E-state index contributed by atoms with van der Waals surface area (Å²) in [7, 11) is 1.78. The van der Waals surface area contributed by atoms with Gasteiger partial charge in [-0.1, -0.05) is 42.1 Å². The zero-order valence-electron chi connectivity index (χ0n) is 18.8. The number of rotatable bonds is 10. The lowest BCUT2D eigenvalue weighted by atomic mass is 10.3. The summed E-state index contributed by atoms with van der Waals surface area (Å²) in [5.74, 6) is 0.367. The van der Waals surface area contributed by atoms with Gasteiger partial charge in [0.1, 0.15) is 11.6 Å². The van der Waals surface area contributed by atoms with E-state index in [1.165, 1.54) is 17.8 Å². The second-order valence-corrected chi connectivity index (χ2v) is 9.51. The van der Waals surface area contributed by atoms with Crippen LogP contribution >= 0.6 is 23.1 Å². The highest BCUT2D eigenvalue weighted by Gasteiger charge is 2.22. The highest BCUT2D eigenvalue weighted by Crippen LogP contribution is 2.29.